The highest BCUT2D eigenvalue weighted by Gasteiger charge is 2.21. The molecule has 0 aliphatic carbocycles. The monoisotopic (exact) mass is 441 g/mol. The molecule has 0 unspecified atom stereocenters. The van der Waals surface area contributed by atoms with Gasteiger partial charge in [-0.2, -0.15) is 0 Å². The van der Waals surface area contributed by atoms with Crippen molar-refractivity contribution in [1.29, 1.82) is 0 Å². The summed E-state index contributed by atoms with van der Waals surface area (Å²) in [5.41, 5.74) is 7.84. The Morgan fingerprint density at radius 2 is 1.77 bits per heavy atom. The van der Waals surface area contributed by atoms with E-state index in [0.29, 0.717) is 13.0 Å². The molecular formula is C25H28ClNO2S. The Hall–Kier alpha value is -1.98. The van der Waals surface area contributed by atoms with Crippen molar-refractivity contribution in [3.8, 4) is 5.75 Å². The standard InChI is InChI=1S/C25H28ClNO2S/c1-2-25(27,18-28)14-13-20-11-12-23(16-24(20)26)30-22-10-6-9-21(15-22)29-17-19-7-4-3-5-8-19/h3-12,15-16,28H,2,13-14,17-18,27H2,1H3/t25-/m1/s1. The van der Waals surface area contributed by atoms with Gasteiger partial charge in [0.15, 0.2) is 0 Å². The summed E-state index contributed by atoms with van der Waals surface area (Å²) in [6, 6.07) is 24.3. The molecule has 3 nitrogen and oxygen atoms in total. The van der Waals surface area contributed by atoms with Crippen molar-refractivity contribution in [1.82, 2.24) is 0 Å². The highest BCUT2D eigenvalue weighted by molar-refractivity contribution is 7.99. The second kappa shape index (κ2) is 10.9. The molecule has 0 saturated carbocycles. The summed E-state index contributed by atoms with van der Waals surface area (Å²) in [4.78, 5) is 2.16. The fraction of sp³-hybridized carbons (Fsp3) is 0.280. The number of hydrogen-bond donors (Lipinski definition) is 2. The summed E-state index contributed by atoms with van der Waals surface area (Å²) >= 11 is 8.17. The molecule has 0 aliphatic heterocycles. The maximum Gasteiger partial charge on any atom is 0.120 e. The van der Waals surface area contributed by atoms with Crippen molar-refractivity contribution in [2.24, 2.45) is 5.73 Å². The maximum absolute atomic E-state index is 9.49. The summed E-state index contributed by atoms with van der Waals surface area (Å²) in [6.45, 7) is 2.52. The van der Waals surface area contributed by atoms with E-state index in [2.05, 4.69) is 24.3 Å². The Morgan fingerprint density at radius 1 is 1.00 bits per heavy atom. The van der Waals surface area contributed by atoms with Crippen LogP contribution in [0.15, 0.2) is 82.6 Å². The van der Waals surface area contributed by atoms with E-state index < -0.39 is 5.54 Å². The fourth-order valence-corrected chi connectivity index (χ4v) is 4.30. The van der Waals surface area contributed by atoms with E-state index in [1.807, 2.05) is 55.5 Å². The summed E-state index contributed by atoms with van der Waals surface area (Å²) < 4.78 is 5.93. The number of benzene rings is 3. The van der Waals surface area contributed by atoms with Crippen molar-refractivity contribution < 1.29 is 9.84 Å². The molecule has 5 heteroatoms. The van der Waals surface area contributed by atoms with Gasteiger partial charge < -0.3 is 15.6 Å². The first-order chi connectivity index (χ1) is 14.5. The summed E-state index contributed by atoms with van der Waals surface area (Å²) in [5.74, 6) is 0.842. The first-order valence-electron chi connectivity index (χ1n) is 10.1. The van der Waals surface area contributed by atoms with E-state index in [9.17, 15) is 5.11 Å². The van der Waals surface area contributed by atoms with Crippen LogP contribution < -0.4 is 10.5 Å². The van der Waals surface area contributed by atoms with Gasteiger partial charge in [-0.3, -0.25) is 0 Å². The van der Waals surface area contributed by atoms with Crippen LogP contribution in [0.4, 0.5) is 0 Å². The Morgan fingerprint density at radius 3 is 2.47 bits per heavy atom. The molecule has 0 saturated heterocycles. The van der Waals surface area contributed by atoms with E-state index in [4.69, 9.17) is 22.1 Å². The molecule has 0 spiro atoms. The minimum atomic E-state index is -0.545. The SMILES string of the molecule is CC[C@](N)(CO)CCc1ccc(Sc2cccc(OCc3ccccc3)c2)cc1Cl. The Labute approximate surface area is 188 Å². The molecule has 0 aromatic heterocycles. The second-order valence-electron chi connectivity index (χ2n) is 7.48. The lowest BCUT2D eigenvalue weighted by Gasteiger charge is -2.25. The average molecular weight is 442 g/mol. The summed E-state index contributed by atoms with van der Waals surface area (Å²) in [7, 11) is 0. The second-order valence-corrected chi connectivity index (χ2v) is 9.03. The molecule has 0 bridgehead atoms. The summed E-state index contributed by atoms with van der Waals surface area (Å²) in [5, 5.41) is 10.2. The third kappa shape index (κ3) is 6.51. The molecule has 0 aliphatic rings. The van der Waals surface area contributed by atoms with Crippen molar-refractivity contribution in [3.05, 3.63) is 88.9 Å². The first kappa shape index (κ1) is 22.7. The van der Waals surface area contributed by atoms with Gasteiger partial charge in [-0.05, 0) is 60.7 Å². The third-order valence-corrected chi connectivity index (χ3v) is 6.56. The third-order valence-electron chi connectivity index (χ3n) is 5.23. The largest absolute Gasteiger partial charge is 0.489 e. The Balaban J connectivity index is 1.61. The lowest BCUT2D eigenvalue weighted by atomic mass is 9.90. The van der Waals surface area contributed by atoms with E-state index in [0.717, 1.165) is 44.5 Å². The molecule has 3 aromatic carbocycles. The molecule has 3 N–H and O–H groups in total. The number of aliphatic hydroxyl groups excluding tert-OH is 1. The normalized spacial score (nSPS) is 13.1. The number of aliphatic hydroxyl groups is 1. The van der Waals surface area contributed by atoms with E-state index in [-0.39, 0.29) is 6.61 Å². The molecule has 0 amide bonds. The van der Waals surface area contributed by atoms with Crippen LogP contribution in [0.2, 0.25) is 5.02 Å². The van der Waals surface area contributed by atoms with Gasteiger partial charge in [0.2, 0.25) is 0 Å². The van der Waals surface area contributed by atoms with Crippen LogP contribution in [0.3, 0.4) is 0 Å². The predicted molar refractivity (Wildman–Crippen MR) is 125 cm³/mol. The molecule has 0 radical (unpaired) electrons. The van der Waals surface area contributed by atoms with Crippen LogP contribution in [0.1, 0.15) is 30.9 Å². The minimum Gasteiger partial charge on any atom is -0.489 e. The quantitative estimate of drug-likeness (QED) is 0.399. The minimum absolute atomic E-state index is 0.0161. The van der Waals surface area contributed by atoms with Crippen LogP contribution in [0, 0.1) is 0 Å². The van der Waals surface area contributed by atoms with Crippen molar-refractivity contribution in [3.63, 3.8) is 0 Å². The lowest BCUT2D eigenvalue weighted by Crippen LogP contribution is -2.43. The maximum atomic E-state index is 9.49. The molecule has 3 rings (SSSR count). The van der Waals surface area contributed by atoms with E-state index >= 15 is 0 Å². The summed E-state index contributed by atoms with van der Waals surface area (Å²) in [6.07, 6.45) is 2.18. The molecule has 1 atom stereocenters. The average Bonchev–Trinajstić information content (AvgIpc) is 2.78. The van der Waals surface area contributed by atoms with E-state index in [1.54, 1.807) is 11.8 Å². The zero-order chi connectivity index (χ0) is 21.4. The number of aryl methyl sites for hydroxylation is 1. The predicted octanol–water partition coefficient (Wildman–Crippen LogP) is 6.10. The number of halogens is 1. The van der Waals surface area contributed by atoms with E-state index in [1.165, 1.54) is 0 Å². The Kier molecular flexibility index (Phi) is 8.23. The highest BCUT2D eigenvalue weighted by Crippen LogP contribution is 2.33. The van der Waals surface area contributed by atoms with Crippen LogP contribution in [0.25, 0.3) is 0 Å². The van der Waals surface area contributed by atoms with Crippen LogP contribution in [0.5, 0.6) is 5.75 Å². The van der Waals surface area contributed by atoms with Crippen molar-refractivity contribution in [2.75, 3.05) is 6.61 Å². The van der Waals surface area contributed by atoms with Crippen LogP contribution in [-0.2, 0) is 13.0 Å². The van der Waals surface area contributed by atoms with Gasteiger partial charge in [-0.15, -0.1) is 0 Å². The van der Waals surface area contributed by atoms with Gasteiger partial charge in [-0.25, -0.2) is 0 Å². The molecule has 30 heavy (non-hydrogen) atoms. The molecule has 0 fully saturated rings. The number of rotatable bonds is 10. The number of ether oxygens (including phenoxy) is 1. The van der Waals surface area contributed by atoms with Crippen LogP contribution >= 0.6 is 23.4 Å². The van der Waals surface area contributed by atoms with Crippen molar-refractivity contribution in [2.45, 2.75) is 48.1 Å². The lowest BCUT2D eigenvalue weighted by molar-refractivity contribution is 0.183. The Bertz CT molecular complexity index is 945. The number of hydrogen-bond acceptors (Lipinski definition) is 4. The zero-order valence-electron chi connectivity index (χ0n) is 17.2. The van der Waals surface area contributed by atoms with Crippen molar-refractivity contribution >= 4 is 23.4 Å². The smallest absolute Gasteiger partial charge is 0.120 e. The molecular weight excluding hydrogens is 414 g/mol. The molecule has 158 valence electrons. The van der Waals surface area contributed by atoms with Gasteiger partial charge in [-0.1, -0.05) is 72.8 Å². The zero-order valence-corrected chi connectivity index (χ0v) is 18.8. The van der Waals surface area contributed by atoms with Gasteiger partial charge in [0.1, 0.15) is 12.4 Å². The highest BCUT2D eigenvalue weighted by atomic mass is 35.5. The van der Waals surface area contributed by atoms with Gasteiger partial charge in [0.25, 0.3) is 0 Å². The molecule has 0 heterocycles. The fourth-order valence-electron chi connectivity index (χ4n) is 3.05. The van der Waals surface area contributed by atoms with Crippen LogP contribution in [-0.4, -0.2) is 17.3 Å². The first-order valence-corrected chi connectivity index (χ1v) is 11.3. The topological polar surface area (TPSA) is 55.5 Å². The van der Waals surface area contributed by atoms with Gasteiger partial charge in [0.05, 0.1) is 6.61 Å². The number of nitrogens with two attached hydrogens (primary N) is 1. The van der Waals surface area contributed by atoms with Gasteiger partial charge >= 0.3 is 0 Å². The molecule has 3 aromatic rings. The van der Waals surface area contributed by atoms with Gasteiger partial charge in [0, 0.05) is 20.4 Å².